The fourth-order valence-corrected chi connectivity index (χ4v) is 5.34. The minimum Gasteiger partial charge on any atom is -0.396 e. The largest absolute Gasteiger partial charge is 0.396 e. The van der Waals surface area contributed by atoms with Crippen molar-refractivity contribution in [2.24, 2.45) is 11.3 Å². The van der Waals surface area contributed by atoms with E-state index in [1.165, 1.54) is 0 Å². The van der Waals surface area contributed by atoms with Gasteiger partial charge in [-0.25, -0.2) is 0 Å². The van der Waals surface area contributed by atoms with Gasteiger partial charge in [0.2, 0.25) is 11.8 Å². The lowest BCUT2D eigenvalue weighted by Crippen LogP contribution is -2.58. The second-order valence-corrected chi connectivity index (χ2v) is 10.3. The molecule has 2 aliphatic heterocycles. The zero-order valence-electron chi connectivity index (χ0n) is 19.5. The molecule has 2 aliphatic rings. The summed E-state index contributed by atoms with van der Waals surface area (Å²) in [5.74, 6) is -0.155. The maximum absolute atomic E-state index is 14.0. The third kappa shape index (κ3) is 4.96. The van der Waals surface area contributed by atoms with Crippen molar-refractivity contribution in [2.75, 3.05) is 33.4 Å². The van der Waals surface area contributed by atoms with Crippen LogP contribution in [0.25, 0.3) is 0 Å². The van der Waals surface area contributed by atoms with Gasteiger partial charge in [0.15, 0.2) is 0 Å². The molecule has 1 spiro atoms. The zero-order chi connectivity index (χ0) is 22.6. The van der Waals surface area contributed by atoms with E-state index < -0.39 is 5.54 Å². The molecule has 172 valence electrons. The van der Waals surface area contributed by atoms with Crippen molar-refractivity contribution in [1.29, 1.82) is 0 Å². The first-order chi connectivity index (χ1) is 14.7. The van der Waals surface area contributed by atoms with Crippen LogP contribution < -0.4 is 0 Å². The Morgan fingerprint density at radius 2 is 1.94 bits per heavy atom. The number of likely N-dealkylation sites (tertiary alicyclic amines) is 2. The number of hydrogen-bond donors (Lipinski definition) is 1. The molecule has 1 N–H and O–H groups in total. The Labute approximate surface area is 186 Å². The molecule has 31 heavy (non-hydrogen) atoms. The van der Waals surface area contributed by atoms with Gasteiger partial charge in [-0.05, 0) is 36.7 Å². The monoisotopic (exact) mass is 430 g/mol. The van der Waals surface area contributed by atoms with Crippen molar-refractivity contribution >= 4 is 11.8 Å². The first-order valence-corrected chi connectivity index (χ1v) is 11.5. The van der Waals surface area contributed by atoms with Gasteiger partial charge in [-0.1, -0.05) is 51.1 Å². The van der Waals surface area contributed by atoms with Crippen molar-refractivity contribution in [2.45, 2.75) is 64.5 Å². The van der Waals surface area contributed by atoms with E-state index in [1.54, 1.807) is 7.11 Å². The highest BCUT2D eigenvalue weighted by molar-refractivity contribution is 5.93. The maximum atomic E-state index is 14.0. The van der Waals surface area contributed by atoms with E-state index in [9.17, 15) is 14.7 Å². The molecule has 0 aliphatic carbocycles. The van der Waals surface area contributed by atoms with E-state index in [4.69, 9.17) is 4.74 Å². The molecular weight excluding hydrogens is 392 g/mol. The summed E-state index contributed by atoms with van der Waals surface area (Å²) < 4.78 is 5.24. The second-order valence-electron chi connectivity index (χ2n) is 10.3. The van der Waals surface area contributed by atoms with Crippen molar-refractivity contribution < 1.29 is 19.4 Å². The van der Waals surface area contributed by atoms with Crippen LogP contribution in [0.5, 0.6) is 0 Å². The van der Waals surface area contributed by atoms with Crippen LogP contribution in [0.2, 0.25) is 0 Å². The molecule has 0 radical (unpaired) electrons. The quantitative estimate of drug-likeness (QED) is 0.751. The maximum Gasteiger partial charge on any atom is 0.248 e. The number of amides is 2. The molecule has 3 atom stereocenters. The van der Waals surface area contributed by atoms with E-state index in [1.807, 2.05) is 40.1 Å². The van der Waals surface area contributed by atoms with Crippen LogP contribution in [-0.4, -0.2) is 65.7 Å². The van der Waals surface area contributed by atoms with Crippen molar-refractivity contribution in [3.8, 4) is 0 Å². The van der Waals surface area contributed by atoms with E-state index in [0.29, 0.717) is 39.0 Å². The van der Waals surface area contributed by atoms with Gasteiger partial charge in [0.25, 0.3) is 0 Å². The Hall–Kier alpha value is -1.92. The van der Waals surface area contributed by atoms with E-state index in [0.717, 1.165) is 18.4 Å². The van der Waals surface area contributed by atoms with Crippen LogP contribution in [0.1, 0.15) is 64.5 Å². The number of aliphatic hydroxyl groups excluding tert-OH is 1. The van der Waals surface area contributed by atoms with Crippen molar-refractivity contribution in [3.05, 3.63) is 35.9 Å². The van der Waals surface area contributed by atoms with Crippen LogP contribution in [0, 0.1) is 11.3 Å². The molecule has 2 fully saturated rings. The first kappa shape index (κ1) is 23.7. The molecule has 2 amide bonds. The minimum atomic E-state index is -0.902. The average Bonchev–Trinajstić information content (AvgIpc) is 2.99. The van der Waals surface area contributed by atoms with E-state index in [2.05, 4.69) is 20.8 Å². The van der Waals surface area contributed by atoms with Crippen molar-refractivity contribution in [3.63, 3.8) is 0 Å². The Morgan fingerprint density at radius 3 is 2.55 bits per heavy atom. The highest BCUT2D eigenvalue weighted by Gasteiger charge is 2.59. The van der Waals surface area contributed by atoms with Gasteiger partial charge in [0.1, 0.15) is 5.54 Å². The molecule has 0 unspecified atom stereocenters. The predicted molar refractivity (Wildman–Crippen MR) is 120 cm³/mol. The number of benzene rings is 1. The topological polar surface area (TPSA) is 70.1 Å². The average molecular weight is 431 g/mol. The highest BCUT2D eigenvalue weighted by Crippen LogP contribution is 2.51. The SMILES string of the molecule is COCCN1CCCC[C@]2(C[C@H](CO)[C@H](c3ccccc3)N2C(=O)CC(C)(C)C)C1=O. The highest BCUT2D eigenvalue weighted by atomic mass is 16.5. The smallest absolute Gasteiger partial charge is 0.248 e. The number of methoxy groups -OCH3 is 1. The molecule has 3 rings (SSSR count). The van der Waals surface area contributed by atoms with E-state index in [-0.39, 0.29) is 35.8 Å². The second kappa shape index (κ2) is 9.70. The first-order valence-electron chi connectivity index (χ1n) is 11.5. The summed E-state index contributed by atoms with van der Waals surface area (Å²) in [5.41, 5.74) is -0.109. The summed E-state index contributed by atoms with van der Waals surface area (Å²) in [7, 11) is 1.64. The van der Waals surface area contributed by atoms with Crippen LogP contribution in [0.15, 0.2) is 30.3 Å². The van der Waals surface area contributed by atoms with Gasteiger partial charge in [0, 0.05) is 39.1 Å². The molecule has 2 heterocycles. The lowest BCUT2D eigenvalue weighted by Gasteiger charge is -2.42. The molecule has 1 aromatic carbocycles. The Balaban J connectivity index is 2.09. The Kier molecular flexibility index (Phi) is 7.43. The summed E-state index contributed by atoms with van der Waals surface area (Å²) in [6.07, 6.45) is 3.31. The van der Waals surface area contributed by atoms with Gasteiger partial charge in [-0.15, -0.1) is 0 Å². The molecular formula is C25H38N2O4. The molecule has 6 nitrogen and oxygen atoms in total. The number of carbonyl (C=O) groups excluding carboxylic acids is 2. The third-order valence-corrected chi connectivity index (χ3v) is 6.63. The molecule has 2 saturated heterocycles. The summed E-state index contributed by atoms with van der Waals surface area (Å²) in [4.78, 5) is 31.5. The van der Waals surface area contributed by atoms with Crippen molar-refractivity contribution in [1.82, 2.24) is 9.80 Å². The number of carbonyl (C=O) groups is 2. The van der Waals surface area contributed by atoms with E-state index >= 15 is 0 Å². The normalized spacial score (nSPS) is 27.1. The lowest BCUT2D eigenvalue weighted by molar-refractivity contribution is -0.154. The zero-order valence-corrected chi connectivity index (χ0v) is 19.5. The number of rotatable bonds is 6. The van der Waals surface area contributed by atoms with Gasteiger partial charge < -0.3 is 19.6 Å². The third-order valence-electron chi connectivity index (χ3n) is 6.63. The van der Waals surface area contributed by atoms with Gasteiger partial charge >= 0.3 is 0 Å². The van der Waals surface area contributed by atoms with Gasteiger partial charge in [-0.3, -0.25) is 9.59 Å². The number of nitrogens with zero attached hydrogens (tertiary/aromatic N) is 2. The fraction of sp³-hybridized carbons (Fsp3) is 0.680. The summed E-state index contributed by atoms with van der Waals surface area (Å²) in [6, 6.07) is 9.59. The molecule has 6 heteroatoms. The standard InChI is InChI=1S/C25H38N2O4/c1-24(2,3)17-21(29)27-22(19-10-6-5-7-11-19)20(18-28)16-25(27)12-8-9-13-26(23(25)30)14-15-31-4/h5-7,10-11,20,22,28H,8-9,12-18H2,1-4H3/t20-,22+,25+/m1/s1. The summed E-state index contributed by atoms with van der Waals surface area (Å²) in [6.45, 7) is 7.79. The van der Waals surface area contributed by atoms with Crippen LogP contribution in [-0.2, 0) is 14.3 Å². The number of aliphatic hydroxyl groups is 1. The molecule has 0 saturated carbocycles. The number of ether oxygens (including phenoxy) is 1. The fourth-order valence-electron chi connectivity index (χ4n) is 5.34. The molecule has 0 aromatic heterocycles. The lowest BCUT2D eigenvalue weighted by atomic mass is 9.85. The molecule has 0 bridgehead atoms. The van der Waals surface area contributed by atoms with Gasteiger partial charge in [0.05, 0.1) is 12.6 Å². The molecule has 1 aromatic rings. The summed E-state index contributed by atoms with van der Waals surface area (Å²) >= 11 is 0. The Bertz CT molecular complexity index is 761. The van der Waals surface area contributed by atoms with Crippen LogP contribution in [0.3, 0.4) is 0 Å². The Morgan fingerprint density at radius 1 is 1.23 bits per heavy atom. The number of hydrogen-bond acceptors (Lipinski definition) is 4. The predicted octanol–water partition coefficient (Wildman–Crippen LogP) is 3.40. The minimum absolute atomic E-state index is 0.000699. The van der Waals surface area contributed by atoms with Crippen LogP contribution in [0.4, 0.5) is 0 Å². The van der Waals surface area contributed by atoms with Crippen LogP contribution >= 0.6 is 0 Å². The van der Waals surface area contributed by atoms with Gasteiger partial charge in [-0.2, -0.15) is 0 Å². The summed E-state index contributed by atoms with van der Waals surface area (Å²) in [5, 5.41) is 10.3.